The van der Waals surface area contributed by atoms with Crippen molar-refractivity contribution in [1.29, 1.82) is 0 Å². The van der Waals surface area contributed by atoms with Crippen LogP contribution >= 0.6 is 11.6 Å². The van der Waals surface area contributed by atoms with Crippen molar-refractivity contribution in [3.05, 3.63) is 81.5 Å². The highest BCUT2D eigenvalue weighted by atomic mass is 35.5. The first-order valence-electron chi connectivity index (χ1n) is 10.3. The molecule has 0 saturated heterocycles. The van der Waals surface area contributed by atoms with E-state index < -0.39 is 42.7 Å². The Morgan fingerprint density at radius 3 is 2.44 bits per heavy atom. The summed E-state index contributed by atoms with van der Waals surface area (Å²) in [6.07, 6.45) is -7.80. The molecular formula is C22H17ClF4N6O3. The summed E-state index contributed by atoms with van der Waals surface area (Å²) in [5.74, 6) is -1.45. The maximum Gasteiger partial charge on any atom is 0.416 e. The van der Waals surface area contributed by atoms with Gasteiger partial charge in [0.15, 0.2) is 29.4 Å². The Bertz CT molecular complexity index is 1480. The largest absolute Gasteiger partial charge is 0.416 e. The number of Topliss-reactive ketones (excluding diaryl/α,β-unsaturated/α-hetero) is 1. The highest BCUT2D eigenvalue weighted by molar-refractivity contribution is 6.30. The molecule has 2 aromatic heterocycles. The van der Waals surface area contributed by atoms with Crippen molar-refractivity contribution in [2.75, 3.05) is 0 Å². The molecule has 4 aromatic rings. The van der Waals surface area contributed by atoms with Crippen LogP contribution in [0.25, 0.3) is 17.1 Å². The number of aromatic nitrogens is 6. The summed E-state index contributed by atoms with van der Waals surface area (Å²) >= 11 is 5.88. The van der Waals surface area contributed by atoms with Crippen LogP contribution in [-0.2, 0) is 13.1 Å². The van der Waals surface area contributed by atoms with Gasteiger partial charge in [-0.05, 0) is 42.5 Å². The van der Waals surface area contributed by atoms with Gasteiger partial charge in [0.2, 0.25) is 0 Å². The zero-order valence-corrected chi connectivity index (χ0v) is 19.2. The molecule has 2 heterocycles. The van der Waals surface area contributed by atoms with E-state index in [2.05, 4.69) is 15.2 Å². The number of hydrogen-bond acceptors (Lipinski definition) is 6. The summed E-state index contributed by atoms with van der Waals surface area (Å²) in [6.45, 7) is -0.303. The third kappa shape index (κ3) is 5.21. The van der Waals surface area contributed by atoms with Gasteiger partial charge in [-0.3, -0.25) is 9.36 Å². The van der Waals surface area contributed by atoms with E-state index in [1.807, 2.05) is 0 Å². The van der Waals surface area contributed by atoms with Crippen molar-refractivity contribution in [3.8, 4) is 17.1 Å². The molecule has 0 radical (unpaired) electrons. The number of hydrogen-bond donors (Lipinski definition) is 1. The van der Waals surface area contributed by atoms with Gasteiger partial charge in [-0.25, -0.2) is 23.5 Å². The van der Waals surface area contributed by atoms with Crippen molar-refractivity contribution in [3.63, 3.8) is 0 Å². The first-order valence-corrected chi connectivity index (χ1v) is 10.7. The van der Waals surface area contributed by atoms with Gasteiger partial charge in [0.1, 0.15) is 12.4 Å². The molecule has 188 valence electrons. The molecule has 9 nitrogen and oxygen atoms in total. The maximum atomic E-state index is 13.7. The molecular weight excluding hydrogens is 508 g/mol. The molecule has 0 aliphatic heterocycles. The molecule has 0 bridgehead atoms. The lowest BCUT2D eigenvalue weighted by Gasteiger charge is -2.15. The summed E-state index contributed by atoms with van der Waals surface area (Å²) < 4.78 is 55.4. The molecule has 1 unspecified atom stereocenters. The molecule has 14 heteroatoms. The van der Waals surface area contributed by atoms with Crippen LogP contribution in [-0.4, -0.2) is 52.3 Å². The first kappa shape index (κ1) is 25.3. The lowest BCUT2D eigenvalue weighted by molar-refractivity contribution is -0.207. The Balaban J connectivity index is 1.77. The van der Waals surface area contributed by atoms with E-state index in [0.29, 0.717) is 9.59 Å². The van der Waals surface area contributed by atoms with Gasteiger partial charge in [-0.1, -0.05) is 17.7 Å². The third-order valence-corrected chi connectivity index (χ3v) is 5.32. The zero-order chi connectivity index (χ0) is 26.2. The summed E-state index contributed by atoms with van der Waals surface area (Å²) in [6, 6.07) is 11.1. The van der Waals surface area contributed by atoms with Crippen molar-refractivity contribution in [2.45, 2.75) is 32.3 Å². The van der Waals surface area contributed by atoms with Crippen LogP contribution in [0.3, 0.4) is 0 Å². The number of halogens is 5. The van der Waals surface area contributed by atoms with Gasteiger partial charge in [0.05, 0.1) is 12.2 Å². The molecule has 2 aromatic carbocycles. The van der Waals surface area contributed by atoms with E-state index in [1.54, 1.807) is 0 Å². The molecule has 0 amide bonds. The smallest absolute Gasteiger partial charge is 0.382 e. The number of alkyl halides is 3. The Hall–Kier alpha value is -3.84. The third-order valence-electron chi connectivity index (χ3n) is 5.07. The molecule has 0 saturated carbocycles. The topological polar surface area (TPSA) is 108 Å². The number of carbonyl (C=O) groups is 1. The number of ketones is 1. The van der Waals surface area contributed by atoms with Crippen LogP contribution in [0.4, 0.5) is 17.6 Å². The summed E-state index contributed by atoms with van der Waals surface area (Å²) in [5.41, 5.74) is -0.506. The standard InChI is InChI=1S/C22H17ClF4N6O3/c1-12(34)19-28-18(29-33(19)16-4-2-3-15(24)9-16)11-32-21(36)31(10-17(35)22(25,26)27)20(30-32)13-5-7-14(23)8-6-13/h2-9,17,35H,10-11H2,1H3. The molecule has 0 fully saturated rings. The summed E-state index contributed by atoms with van der Waals surface area (Å²) in [5, 5.41) is 18.2. The lowest BCUT2D eigenvalue weighted by atomic mass is 10.2. The fourth-order valence-electron chi connectivity index (χ4n) is 3.37. The average Bonchev–Trinajstić information content (AvgIpc) is 3.36. The average molecular weight is 525 g/mol. The highest BCUT2D eigenvalue weighted by Crippen LogP contribution is 2.24. The minimum Gasteiger partial charge on any atom is -0.382 e. The van der Waals surface area contributed by atoms with Crippen LogP contribution < -0.4 is 5.69 Å². The molecule has 1 N–H and O–H groups in total. The first-order chi connectivity index (χ1) is 16.9. The predicted molar refractivity (Wildman–Crippen MR) is 119 cm³/mol. The number of nitrogens with zero attached hydrogens (tertiary/aromatic N) is 6. The van der Waals surface area contributed by atoms with Crippen LogP contribution in [0.1, 0.15) is 23.4 Å². The van der Waals surface area contributed by atoms with Gasteiger partial charge in [0, 0.05) is 17.5 Å². The fourth-order valence-corrected chi connectivity index (χ4v) is 3.49. The molecule has 1 atom stereocenters. The van der Waals surface area contributed by atoms with E-state index in [0.717, 1.165) is 15.4 Å². The summed E-state index contributed by atoms with van der Waals surface area (Å²) in [7, 11) is 0. The second-order valence-corrected chi connectivity index (χ2v) is 8.17. The van der Waals surface area contributed by atoms with Crippen molar-refractivity contribution in [1.82, 2.24) is 29.1 Å². The van der Waals surface area contributed by atoms with Gasteiger partial charge >= 0.3 is 11.9 Å². The van der Waals surface area contributed by atoms with E-state index in [1.165, 1.54) is 49.4 Å². The van der Waals surface area contributed by atoms with Crippen LogP contribution in [0.5, 0.6) is 0 Å². The quantitative estimate of drug-likeness (QED) is 0.294. The van der Waals surface area contributed by atoms with Crippen LogP contribution in [0.2, 0.25) is 5.02 Å². The summed E-state index contributed by atoms with van der Waals surface area (Å²) in [4.78, 5) is 29.2. The van der Waals surface area contributed by atoms with Crippen molar-refractivity contribution < 1.29 is 27.5 Å². The number of aliphatic hydroxyl groups is 1. The van der Waals surface area contributed by atoms with E-state index in [9.17, 15) is 32.3 Å². The van der Waals surface area contributed by atoms with E-state index in [-0.39, 0.29) is 28.7 Å². The van der Waals surface area contributed by atoms with Gasteiger partial charge < -0.3 is 5.11 Å². The fraction of sp³-hybridized carbons (Fsp3) is 0.227. The second-order valence-electron chi connectivity index (χ2n) is 7.74. The monoisotopic (exact) mass is 524 g/mol. The molecule has 36 heavy (non-hydrogen) atoms. The number of aliphatic hydroxyl groups excluding tert-OH is 1. The lowest BCUT2D eigenvalue weighted by Crippen LogP contribution is -2.37. The van der Waals surface area contributed by atoms with E-state index >= 15 is 0 Å². The molecule has 0 aliphatic rings. The molecule has 0 spiro atoms. The van der Waals surface area contributed by atoms with Crippen LogP contribution in [0.15, 0.2) is 53.3 Å². The van der Waals surface area contributed by atoms with Gasteiger partial charge in [0.25, 0.3) is 0 Å². The van der Waals surface area contributed by atoms with Crippen molar-refractivity contribution >= 4 is 17.4 Å². The predicted octanol–water partition coefficient (Wildman–Crippen LogP) is 3.26. The van der Waals surface area contributed by atoms with Gasteiger partial charge in [-0.15, -0.1) is 10.2 Å². The SMILES string of the molecule is CC(=O)c1nc(Cn2nc(-c3ccc(Cl)cc3)n(CC(O)C(F)(F)F)c2=O)nn1-c1cccc(F)c1. The Morgan fingerprint density at radius 2 is 1.83 bits per heavy atom. The van der Waals surface area contributed by atoms with Crippen molar-refractivity contribution in [2.24, 2.45) is 0 Å². The van der Waals surface area contributed by atoms with Crippen LogP contribution in [0, 0.1) is 5.82 Å². The number of carbonyl (C=O) groups excluding carboxylic acids is 1. The molecule has 4 rings (SSSR count). The normalized spacial score (nSPS) is 12.6. The number of rotatable bonds is 7. The highest BCUT2D eigenvalue weighted by Gasteiger charge is 2.39. The molecule has 0 aliphatic carbocycles. The second kappa shape index (κ2) is 9.66. The zero-order valence-electron chi connectivity index (χ0n) is 18.4. The van der Waals surface area contributed by atoms with Gasteiger partial charge in [-0.2, -0.15) is 13.2 Å². The Morgan fingerprint density at radius 1 is 1.14 bits per heavy atom. The Labute approximate surface area is 205 Å². The Kier molecular flexibility index (Phi) is 6.78. The minimum atomic E-state index is -4.97. The minimum absolute atomic E-state index is 0.0739. The number of benzene rings is 2. The maximum absolute atomic E-state index is 13.7. The van der Waals surface area contributed by atoms with E-state index in [4.69, 9.17) is 11.6 Å².